The van der Waals surface area contributed by atoms with E-state index in [0.29, 0.717) is 19.3 Å². The summed E-state index contributed by atoms with van der Waals surface area (Å²) in [4.78, 5) is 14.4. The van der Waals surface area contributed by atoms with Crippen molar-refractivity contribution in [2.45, 2.75) is 70.9 Å². The highest BCUT2D eigenvalue weighted by Gasteiger charge is 2.25. The Bertz CT molecular complexity index is 316. The van der Waals surface area contributed by atoms with Gasteiger partial charge in [0.15, 0.2) is 0 Å². The summed E-state index contributed by atoms with van der Waals surface area (Å²) in [5.41, 5.74) is 0. The van der Waals surface area contributed by atoms with Gasteiger partial charge in [-0.15, -0.1) is 0 Å². The van der Waals surface area contributed by atoms with E-state index in [1.165, 1.54) is 44.9 Å². The van der Waals surface area contributed by atoms with Crippen molar-refractivity contribution in [1.82, 2.24) is 10.2 Å². The van der Waals surface area contributed by atoms with Gasteiger partial charge in [0.1, 0.15) is 0 Å². The highest BCUT2D eigenvalue weighted by atomic mass is 16.5. The molecule has 0 radical (unpaired) electrons. The Balaban J connectivity index is 1.76. The van der Waals surface area contributed by atoms with Crippen molar-refractivity contribution in [2.75, 3.05) is 26.3 Å². The van der Waals surface area contributed by atoms with Crippen LogP contribution >= 0.6 is 0 Å². The SMILES string of the molecule is CCCC1CCCC(NC(C)C(=O)N2CCOCC2)CC1. The molecule has 3 unspecified atom stereocenters. The van der Waals surface area contributed by atoms with E-state index in [1.54, 1.807) is 0 Å². The Morgan fingerprint density at radius 2 is 2.00 bits per heavy atom. The number of nitrogens with zero attached hydrogens (tertiary/aromatic N) is 1. The third-order valence-corrected chi connectivity index (χ3v) is 4.96. The Kier molecular flexibility index (Phi) is 6.97. The van der Waals surface area contributed by atoms with E-state index in [4.69, 9.17) is 4.74 Å². The van der Waals surface area contributed by atoms with Gasteiger partial charge in [0.25, 0.3) is 0 Å². The zero-order chi connectivity index (χ0) is 15.1. The van der Waals surface area contributed by atoms with Gasteiger partial charge in [-0.1, -0.05) is 32.6 Å². The van der Waals surface area contributed by atoms with Gasteiger partial charge in [-0.2, -0.15) is 0 Å². The molecule has 1 N–H and O–H groups in total. The quantitative estimate of drug-likeness (QED) is 0.793. The molecule has 0 spiro atoms. The van der Waals surface area contributed by atoms with Crippen LogP contribution in [-0.4, -0.2) is 49.2 Å². The van der Waals surface area contributed by atoms with Crippen LogP contribution in [0, 0.1) is 5.92 Å². The number of amides is 1. The minimum Gasteiger partial charge on any atom is -0.378 e. The maximum atomic E-state index is 12.4. The molecular weight excluding hydrogens is 264 g/mol. The van der Waals surface area contributed by atoms with Crippen molar-refractivity contribution >= 4 is 5.91 Å². The zero-order valence-electron chi connectivity index (χ0n) is 13.8. The molecule has 0 aromatic rings. The third kappa shape index (κ3) is 5.26. The zero-order valence-corrected chi connectivity index (χ0v) is 13.8. The van der Waals surface area contributed by atoms with Crippen molar-refractivity contribution in [3.8, 4) is 0 Å². The lowest BCUT2D eigenvalue weighted by Gasteiger charge is -2.31. The molecule has 3 atom stereocenters. The molecule has 1 amide bonds. The fraction of sp³-hybridized carbons (Fsp3) is 0.941. The molecule has 1 aliphatic heterocycles. The van der Waals surface area contributed by atoms with Crippen LogP contribution in [-0.2, 0) is 9.53 Å². The number of rotatable bonds is 5. The predicted molar refractivity (Wildman–Crippen MR) is 85.3 cm³/mol. The van der Waals surface area contributed by atoms with E-state index < -0.39 is 0 Å². The maximum Gasteiger partial charge on any atom is 0.239 e. The number of nitrogens with one attached hydrogen (secondary N) is 1. The van der Waals surface area contributed by atoms with Gasteiger partial charge in [0.05, 0.1) is 19.3 Å². The summed E-state index contributed by atoms with van der Waals surface area (Å²) in [6.07, 6.45) is 9.12. The number of hydrogen-bond acceptors (Lipinski definition) is 3. The number of carbonyl (C=O) groups is 1. The Morgan fingerprint density at radius 3 is 2.71 bits per heavy atom. The van der Waals surface area contributed by atoms with E-state index >= 15 is 0 Å². The fourth-order valence-corrected chi connectivity index (χ4v) is 3.72. The van der Waals surface area contributed by atoms with Gasteiger partial charge in [0.2, 0.25) is 5.91 Å². The van der Waals surface area contributed by atoms with Crippen LogP contribution in [0.5, 0.6) is 0 Å². The molecule has 1 saturated heterocycles. The van der Waals surface area contributed by atoms with Crippen LogP contribution in [0.25, 0.3) is 0 Å². The maximum absolute atomic E-state index is 12.4. The minimum atomic E-state index is -0.0594. The van der Waals surface area contributed by atoms with Crippen molar-refractivity contribution in [1.29, 1.82) is 0 Å². The minimum absolute atomic E-state index is 0.0594. The molecule has 1 heterocycles. The number of morpholine rings is 1. The van der Waals surface area contributed by atoms with Crippen LogP contribution in [0.2, 0.25) is 0 Å². The van der Waals surface area contributed by atoms with Gasteiger partial charge in [-0.3, -0.25) is 4.79 Å². The first kappa shape index (κ1) is 16.8. The molecule has 0 bridgehead atoms. The Hall–Kier alpha value is -0.610. The summed E-state index contributed by atoms with van der Waals surface area (Å²) in [6, 6.07) is 0.461. The van der Waals surface area contributed by atoms with Gasteiger partial charge >= 0.3 is 0 Å². The Morgan fingerprint density at radius 1 is 1.24 bits per heavy atom. The molecule has 0 aromatic heterocycles. The highest BCUT2D eigenvalue weighted by Crippen LogP contribution is 2.26. The average Bonchev–Trinajstić information content (AvgIpc) is 2.73. The van der Waals surface area contributed by atoms with Crippen LogP contribution in [0.1, 0.15) is 58.8 Å². The second kappa shape index (κ2) is 8.74. The summed E-state index contributed by atoms with van der Waals surface area (Å²) < 4.78 is 5.32. The van der Waals surface area contributed by atoms with E-state index in [0.717, 1.165) is 19.0 Å². The van der Waals surface area contributed by atoms with Gasteiger partial charge in [-0.25, -0.2) is 0 Å². The predicted octanol–water partition coefficient (Wildman–Crippen LogP) is 2.57. The van der Waals surface area contributed by atoms with Crippen molar-refractivity contribution in [3.63, 3.8) is 0 Å². The van der Waals surface area contributed by atoms with Gasteiger partial charge in [0, 0.05) is 19.1 Å². The first-order chi connectivity index (χ1) is 10.2. The van der Waals surface area contributed by atoms with E-state index in [1.807, 2.05) is 11.8 Å². The lowest BCUT2D eigenvalue weighted by Crippen LogP contribution is -2.51. The molecule has 21 heavy (non-hydrogen) atoms. The highest BCUT2D eigenvalue weighted by molar-refractivity contribution is 5.81. The van der Waals surface area contributed by atoms with Crippen LogP contribution in [0.4, 0.5) is 0 Å². The Labute approximate surface area is 129 Å². The third-order valence-electron chi connectivity index (χ3n) is 4.96. The molecule has 4 nitrogen and oxygen atoms in total. The molecular formula is C17H32N2O2. The molecule has 0 aromatic carbocycles. The van der Waals surface area contributed by atoms with Gasteiger partial charge in [-0.05, 0) is 32.1 Å². The summed E-state index contributed by atoms with van der Waals surface area (Å²) in [7, 11) is 0. The second-order valence-corrected chi connectivity index (χ2v) is 6.69. The van der Waals surface area contributed by atoms with Crippen LogP contribution in [0.3, 0.4) is 0 Å². The van der Waals surface area contributed by atoms with E-state index in [9.17, 15) is 4.79 Å². The van der Waals surface area contributed by atoms with E-state index in [-0.39, 0.29) is 11.9 Å². The fourth-order valence-electron chi connectivity index (χ4n) is 3.72. The molecule has 2 fully saturated rings. The molecule has 1 saturated carbocycles. The second-order valence-electron chi connectivity index (χ2n) is 6.69. The molecule has 4 heteroatoms. The number of carbonyl (C=O) groups excluding carboxylic acids is 1. The summed E-state index contributed by atoms with van der Waals surface area (Å²) in [6.45, 7) is 7.15. The number of ether oxygens (including phenoxy) is 1. The molecule has 2 aliphatic rings. The molecule has 1 aliphatic carbocycles. The van der Waals surface area contributed by atoms with E-state index in [2.05, 4.69) is 12.2 Å². The lowest BCUT2D eigenvalue weighted by molar-refractivity contribution is -0.137. The summed E-state index contributed by atoms with van der Waals surface area (Å²) >= 11 is 0. The first-order valence-corrected chi connectivity index (χ1v) is 8.83. The average molecular weight is 296 g/mol. The largest absolute Gasteiger partial charge is 0.378 e. The smallest absolute Gasteiger partial charge is 0.239 e. The van der Waals surface area contributed by atoms with Crippen LogP contribution < -0.4 is 5.32 Å². The summed E-state index contributed by atoms with van der Waals surface area (Å²) in [5.74, 6) is 1.15. The van der Waals surface area contributed by atoms with Gasteiger partial charge < -0.3 is 15.0 Å². The molecule has 2 rings (SSSR count). The van der Waals surface area contributed by atoms with Crippen molar-refractivity contribution in [3.05, 3.63) is 0 Å². The normalized spacial score (nSPS) is 29.0. The molecule has 122 valence electrons. The van der Waals surface area contributed by atoms with Crippen LogP contribution in [0.15, 0.2) is 0 Å². The topological polar surface area (TPSA) is 41.6 Å². The monoisotopic (exact) mass is 296 g/mol. The summed E-state index contributed by atoms with van der Waals surface area (Å²) in [5, 5.41) is 3.59. The standard InChI is InChI=1S/C17H32N2O2/c1-3-5-15-6-4-7-16(9-8-15)18-14(2)17(20)19-10-12-21-13-11-19/h14-16,18H,3-13H2,1-2H3. The first-order valence-electron chi connectivity index (χ1n) is 8.83. The lowest BCUT2D eigenvalue weighted by atomic mass is 9.95. The number of hydrogen-bond donors (Lipinski definition) is 1. The van der Waals surface area contributed by atoms with Crippen molar-refractivity contribution < 1.29 is 9.53 Å². The van der Waals surface area contributed by atoms with Crippen molar-refractivity contribution in [2.24, 2.45) is 5.92 Å².